The molecule has 20 heavy (non-hydrogen) atoms. The van der Waals surface area contributed by atoms with E-state index in [0.717, 1.165) is 11.8 Å². The lowest BCUT2D eigenvalue weighted by Gasteiger charge is -2.23. The van der Waals surface area contributed by atoms with Crippen molar-refractivity contribution in [1.29, 1.82) is 0 Å². The number of benzene rings is 1. The van der Waals surface area contributed by atoms with Gasteiger partial charge in [-0.05, 0) is 18.9 Å². The molecule has 2 aromatic rings. The van der Waals surface area contributed by atoms with Gasteiger partial charge in [-0.2, -0.15) is 0 Å². The molecule has 2 heterocycles. The van der Waals surface area contributed by atoms with Crippen LogP contribution in [0.5, 0.6) is 0 Å². The van der Waals surface area contributed by atoms with Crippen molar-refractivity contribution in [1.82, 2.24) is 4.90 Å². The van der Waals surface area contributed by atoms with Crippen LogP contribution in [-0.2, 0) is 0 Å². The van der Waals surface area contributed by atoms with Gasteiger partial charge in [-0.15, -0.1) is 0 Å². The van der Waals surface area contributed by atoms with Gasteiger partial charge in [0.05, 0.1) is 11.6 Å². The lowest BCUT2D eigenvalue weighted by atomic mass is 10.1. The maximum absolute atomic E-state index is 12.6. The quantitative estimate of drug-likeness (QED) is 0.377. The van der Waals surface area contributed by atoms with E-state index in [1.165, 1.54) is 6.26 Å². The fourth-order valence-electron chi connectivity index (χ4n) is 2.68. The van der Waals surface area contributed by atoms with E-state index in [-0.39, 0.29) is 17.8 Å². The van der Waals surface area contributed by atoms with Gasteiger partial charge >= 0.3 is 0 Å². The smallest absolute Gasteiger partial charge is 0.258 e. The molecule has 1 aliphatic heterocycles. The largest absolute Gasteiger partial charge is 0.463 e. The first-order valence-corrected chi connectivity index (χ1v) is 6.47. The highest BCUT2D eigenvalue weighted by Crippen LogP contribution is 2.26. The molecular weight excluding hydrogens is 258 g/mol. The maximum atomic E-state index is 12.6. The first-order chi connectivity index (χ1) is 9.72. The van der Waals surface area contributed by atoms with Crippen molar-refractivity contribution in [3.05, 3.63) is 36.1 Å². The number of nitrogens with two attached hydrogens (primary N) is 1. The van der Waals surface area contributed by atoms with E-state index in [4.69, 9.17) is 15.4 Å². The number of amides is 1. The third kappa shape index (κ3) is 1.89. The predicted molar refractivity (Wildman–Crippen MR) is 73.7 cm³/mol. The molecule has 1 saturated heterocycles. The van der Waals surface area contributed by atoms with Crippen molar-refractivity contribution in [2.24, 2.45) is 10.9 Å². The molecule has 1 atom stereocenters. The van der Waals surface area contributed by atoms with Crippen LogP contribution in [0.1, 0.15) is 23.2 Å². The van der Waals surface area contributed by atoms with Crippen molar-refractivity contribution in [3.8, 4) is 0 Å². The molecule has 6 nitrogen and oxygen atoms in total. The van der Waals surface area contributed by atoms with Gasteiger partial charge in [0.2, 0.25) is 0 Å². The number of carbonyl (C=O) groups is 1. The average molecular weight is 273 g/mol. The molecule has 1 aromatic heterocycles. The number of rotatable bonds is 2. The third-order valence-corrected chi connectivity index (χ3v) is 3.68. The molecule has 104 valence electrons. The number of amidine groups is 1. The van der Waals surface area contributed by atoms with Gasteiger partial charge in [0.15, 0.2) is 5.84 Å². The predicted octanol–water partition coefficient (Wildman–Crippen LogP) is 1.78. The molecule has 0 aliphatic carbocycles. The van der Waals surface area contributed by atoms with Crippen LogP contribution in [-0.4, -0.2) is 34.4 Å². The number of hydrogen-bond acceptors (Lipinski definition) is 4. The second-order valence-electron chi connectivity index (χ2n) is 4.83. The highest BCUT2D eigenvalue weighted by molar-refractivity contribution is 6.07. The molecular formula is C14H15N3O3. The summed E-state index contributed by atoms with van der Waals surface area (Å²) >= 11 is 0. The topological polar surface area (TPSA) is 92.1 Å². The highest BCUT2D eigenvalue weighted by atomic mass is 16.4. The minimum absolute atomic E-state index is 0.0728. The number of fused-ring (bicyclic) bond motifs is 1. The van der Waals surface area contributed by atoms with E-state index in [9.17, 15) is 4.79 Å². The average Bonchev–Trinajstić information content (AvgIpc) is 3.12. The van der Waals surface area contributed by atoms with Gasteiger partial charge in [0.25, 0.3) is 5.91 Å². The second kappa shape index (κ2) is 4.88. The van der Waals surface area contributed by atoms with Crippen molar-refractivity contribution in [3.63, 3.8) is 0 Å². The number of carbonyl (C=O) groups excluding carboxylic acids is 1. The van der Waals surface area contributed by atoms with E-state index < -0.39 is 0 Å². The standard InChI is InChI=1S/C14H15N3O3/c15-13(16-19)11-5-3-7-17(11)14(18)10-8-20-12-6-2-1-4-9(10)12/h1-2,4,6,8,11,19H,3,5,7H2,(H2,15,16). The number of nitrogens with zero attached hydrogens (tertiary/aromatic N) is 2. The Balaban J connectivity index is 1.96. The minimum Gasteiger partial charge on any atom is -0.463 e. The van der Waals surface area contributed by atoms with E-state index >= 15 is 0 Å². The normalized spacial score (nSPS) is 19.7. The Morgan fingerprint density at radius 1 is 1.45 bits per heavy atom. The Hall–Kier alpha value is -2.50. The summed E-state index contributed by atoms with van der Waals surface area (Å²) in [7, 11) is 0. The van der Waals surface area contributed by atoms with E-state index in [1.54, 1.807) is 4.90 Å². The zero-order valence-electron chi connectivity index (χ0n) is 10.8. The molecule has 0 spiro atoms. The van der Waals surface area contributed by atoms with Gasteiger partial charge in [-0.3, -0.25) is 4.79 Å². The molecule has 3 rings (SSSR count). The number of oxime groups is 1. The molecule has 3 N–H and O–H groups in total. The number of likely N-dealkylation sites (tertiary alicyclic amines) is 1. The summed E-state index contributed by atoms with van der Waals surface area (Å²) in [5.74, 6) is -0.0762. The molecule has 0 saturated carbocycles. The Labute approximate surface area is 115 Å². The van der Waals surface area contributed by atoms with Gasteiger partial charge in [-0.25, -0.2) is 0 Å². The first kappa shape index (κ1) is 12.5. The van der Waals surface area contributed by atoms with Gasteiger partial charge in [-0.1, -0.05) is 23.4 Å². The van der Waals surface area contributed by atoms with Crippen LogP contribution in [0.4, 0.5) is 0 Å². The van der Waals surface area contributed by atoms with Crippen molar-refractivity contribution in [2.75, 3.05) is 6.54 Å². The Bertz CT molecular complexity index is 677. The molecule has 1 aromatic carbocycles. The van der Waals surface area contributed by atoms with Gasteiger partial charge in [0, 0.05) is 11.9 Å². The number of hydrogen-bond donors (Lipinski definition) is 2. The van der Waals surface area contributed by atoms with E-state index in [0.29, 0.717) is 24.1 Å². The van der Waals surface area contributed by atoms with Crippen LogP contribution in [0.3, 0.4) is 0 Å². The molecule has 1 amide bonds. The molecule has 0 bridgehead atoms. The van der Waals surface area contributed by atoms with Crippen molar-refractivity contribution < 1.29 is 14.4 Å². The van der Waals surface area contributed by atoms with E-state index in [2.05, 4.69) is 5.16 Å². The van der Waals surface area contributed by atoms with E-state index in [1.807, 2.05) is 24.3 Å². The Kier molecular flexibility index (Phi) is 3.06. The summed E-state index contributed by atoms with van der Waals surface area (Å²) in [6.45, 7) is 0.596. The maximum Gasteiger partial charge on any atom is 0.258 e. The number of furan rings is 1. The molecule has 6 heteroatoms. The fraction of sp³-hybridized carbons (Fsp3) is 0.286. The molecule has 1 unspecified atom stereocenters. The zero-order chi connectivity index (χ0) is 14.1. The summed E-state index contributed by atoms with van der Waals surface area (Å²) in [5.41, 5.74) is 6.84. The lowest BCUT2D eigenvalue weighted by Crippen LogP contribution is -2.43. The second-order valence-corrected chi connectivity index (χ2v) is 4.83. The van der Waals surface area contributed by atoms with Crippen LogP contribution in [0.2, 0.25) is 0 Å². The van der Waals surface area contributed by atoms with Crippen LogP contribution >= 0.6 is 0 Å². The highest BCUT2D eigenvalue weighted by Gasteiger charge is 2.33. The SMILES string of the molecule is NC(=NO)C1CCCN1C(=O)c1coc2ccccc12. The van der Waals surface area contributed by atoms with Crippen molar-refractivity contribution >= 4 is 22.7 Å². The lowest BCUT2D eigenvalue weighted by molar-refractivity contribution is 0.0769. The monoisotopic (exact) mass is 273 g/mol. The van der Waals surface area contributed by atoms with Crippen LogP contribution in [0.15, 0.2) is 40.1 Å². The molecule has 1 aliphatic rings. The fourth-order valence-corrected chi connectivity index (χ4v) is 2.68. The summed E-state index contributed by atoms with van der Waals surface area (Å²) < 4.78 is 5.39. The van der Waals surface area contributed by atoms with Gasteiger partial charge < -0.3 is 20.3 Å². The Morgan fingerprint density at radius 3 is 3.05 bits per heavy atom. The minimum atomic E-state index is -0.346. The van der Waals surface area contributed by atoms with Crippen LogP contribution in [0.25, 0.3) is 11.0 Å². The van der Waals surface area contributed by atoms with Crippen LogP contribution in [0, 0.1) is 0 Å². The van der Waals surface area contributed by atoms with Crippen LogP contribution < -0.4 is 5.73 Å². The first-order valence-electron chi connectivity index (χ1n) is 6.47. The number of para-hydroxylation sites is 1. The summed E-state index contributed by atoms with van der Waals surface area (Å²) in [6.07, 6.45) is 3.01. The van der Waals surface area contributed by atoms with Gasteiger partial charge in [0.1, 0.15) is 11.8 Å². The third-order valence-electron chi connectivity index (χ3n) is 3.68. The zero-order valence-corrected chi connectivity index (χ0v) is 10.8. The summed E-state index contributed by atoms with van der Waals surface area (Å²) in [4.78, 5) is 14.3. The summed E-state index contributed by atoms with van der Waals surface area (Å²) in [5, 5.41) is 12.6. The summed E-state index contributed by atoms with van der Waals surface area (Å²) in [6, 6.07) is 7.04. The van der Waals surface area contributed by atoms with Crippen molar-refractivity contribution in [2.45, 2.75) is 18.9 Å². The molecule has 1 fully saturated rings. The molecule has 0 radical (unpaired) electrons. The Morgan fingerprint density at radius 2 is 2.25 bits per heavy atom.